The number of nitrogens with zero attached hydrogens (tertiary/aromatic N) is 1. The number of para-hydroxylation sites is 1. The smallest absolute Gasteiger partial charge is 0.0437 e. The molecule has 0 spiro atoms. The zero-order valence-electron chi connectivity index (χ0n) is 12.0. The first kappa shape index (κ1) is 12.3. The van der Waals surface area contributed by atoms with Gasteiger partial charge in [-0.25, -0.2) is 0 Å². The molecule has 19 heavy (non-hydrogen) atoms. The second kappa shape index (κ2) is 4.41. The Morgan fingerprint density at radius 1 is 0.789 bits per heavy atom. The molecule has 0 unspecified atom stereocenters. The van der Waals surface area contributed by atoms with Gasteiger partial charge < -0.3 is 4.90 Å². The minimum absolute atomic E-state index is 0.132. The maximum atomic E-state index is 2.52. The maximum absolute atomic E-state index is 2.52. The first-order valence-electron chi connectivity index (χ1n) is 6.98. The van der Waals surface area contributed by atoms with E-state index in [1.54, 1.807) is 0 Å². The summed E-state index contributed by atoms with van der Waals surface area (Å²) in [7, 11) is 0. The number of anilines is 1. The Labute approximate surface area is 115 Å². The zero-order chi connectivity index (χ0) is 13.5. The van der Waals surface area contributed by atoms with E-state index in [2.05, 4.69) is 74.2 Å². The van der Waals surface area contributed by atoms with E-state index >= 15 is 0 Å². The van der Waals surface area contributed by atoms with Gasteiger partial charge in [-0.2, -0.15) is 0 Å². The molecule has 0 radical (unpaired) electrons. The average Bonchev–Trinajstić information content (AvgIpc) is 2.54. The van der Waals surface area contributed by atoms with Gasteiger partial charge in [0.05, 0.1) is 0 Å². The fraction of sp³-hybridized carbons (Fsp3) is 0.333. The molecule has 0 bridgehead atoms. The third-order valence-corrected chi connectivity index (χ3v) is 3.92. The molecule has 0 atom stereocenters. The van der Waals surface area contributed by atoms with Gasteiger partial charge in [-0.05, 0) is 49.9 Å². The average molecular weight is 251 g/mol. The second-order valence-electron chi connectivity index (χ2n) is 6.33. The predicted octanol–water partition coefficient (Wildman–Crippen LogP) is 4.40. The van der Waals surface area contributed by atoms with Crippen LogP contribution in [0.3, 0.4) is 0 Å². The quantitative estimate of drug-likeness (QED) is 0.671. The molecular weight excluding hydrogens is 230 g/mol. The monoisotopic (exact) mass is 251 g/mol. The van der Waals surface area contributed by atoms with Crippen molar-refractivity contribution >= 4 is 5.69 Å². The minimum Gasteiger partial charge on any atom is -0.362 e. The molecule has 3 rings (SSSR count). The molecule has 0 aromatic heterocycles. The minimum atomic E-state index is 0.132. The van der Waals surface area contributed by atoms with Crippen molar-refractivity contribution in [1.82, 2.24) is 0 Å². The lowest BCUT2D eigenvalue weighted by Gasteiger charge is -2.38. The lowest BCUT2D eigenvalue weighted by atomic mass is 10.0. The van der Waals surface area contributed by atoms with Crippen molar-refractivity contribution in [1.29, 1.82) is 0 Å². The summed E-state index contributed by atoms with van der Waals surface area (Å²) in [6, 6.07) is 17.6. The van der Waals surface area contributed by atoms with Crippen LogP contribution in [0.15, 0.2) is 48.5 Å². The van der Waals surface area contributed by atoms with E-state index in [4.69, 9.17) is 0 Å². The molecule has 0 saturated heterocycles. The Balaban J connectivity index is 2.17. The third kappa shape index (κ3) is 2.25. The van der Waals surface area contributed by atoms with Gasteiger partial charge >= 0.3 is 0 Å². The summed E-state index contributed by atoms with van der Waals surface area (Å²) in [5.41, 5.74) is 5.86. The maximum Gasteiger partial charge on any atom is 0.0437 e. The summed E-state index contributed by atoms with van der Waals surface area (Å²) in [6.45, 7) is 7.86. The van der Waals surface area contributed by atoms with Crippen LogP contribution in [-0.2, 0) is 13.0 Å². The van der Waals surface area contributed by atoms with Crippen LogP contribution < -0.4 is 4.90 Å². The summed E-state index contributed by atoms with van der Waals surface area (Å²) in [5.74, 6) is 0. The highest BCUT2D eigenvalue weighted by Gasteiger charge is 2.26. The first-order chi connectivity index (χ1) is 9.05. The number of hydrogen-bond acceptors (Lipinski definition) is 1. The van der Waals surface area contributed by atoms with E-state index < -0.39 is 0 Å². The fourth-order valence-electron chi connectivity index (χ4n) is 2.87. The molecule has 0 aliphatic carbocycles. The molecule has 1 aliphatic rings. The normalized spacial score (nSPS) is 14.6. The topological polar surface area (TPSA) is 3.24 Å². The van der Waals surface area contributed by atoms with E-state index in [-0.39, 0.29) is 5.54 Å². The molecule has 0 N–H and O–H groups in total. The van der Waals surface area contributed by atoms with Gasteiger partial charge in [0.25, 0.3) is 0 Å². The van der Waals surface area contributed by atoms with Crippen molar-refractivity contribution in [3.05, 3.63) is 65.2 Å². The van der Waals surface area contributed by atoms with Crippen LogP contribution in [0.5, 0.6) is 0 Å². The van der Waals surface area contributed by atoms with Crippen LogP contribution in [-0.4, -0.2) is 5.54 Å². The molecule has 1 heteroatoms. The number of benzene rings is 2. The molecule has 2 aromatic carbocycles. The summed E-state index contributed by atoms with van der Waals surface area (Å²) in [5, 5.41) is 0. The van der Waals surface area contributed by atoms with E-state index in [0.717, 1.165) is 13.0 Å². The first-order valence-corrected chi connectivity index (χ1v) is 6.98. The van der Waals surface area contributed by atoms with Crippen molar-refractivity contribution < 1.29 is 0 Å². The zero-order valence-corrected chi connectivity index (χ0v) is 12.0. The van der Waals surface area contributed by atoms with E-state index in [0.29, 0.717) is 0 Å². The lowest BCUT2D eigenvalue weighted by Crippen LogP contribution is -2.41. The molecular formula is C18H21N. The Hall–Kier alpha value is -1.76. The Kier molecular flexibility index (Phi) is 2.85. The van der Waals surface area contributed by atoms with Crippen LogP contribution in [0.1, 0.15) is 37.5 Å². The summed E-state index contributed by atoms with van der Waals surface area (Å²) in [4.78, 5) is 2.52. The van der Waals surface area contributed by atoms with Crippen LogP contribution in [0, 0.1) is 0 Å². The van der Waals surface area contributed by atoms with Gasteiger partial charge in [-0.1, -0.05) is 42.5 Å². The van der Waals surface area contributed by atoms with Gasteiger partial charge in [0.2, 0.25) is 0 Å². The van der Waals surface area contributed by atoms with E-state index in [9.17, 15) is 0 Å². The summed E-state index contributed by atoms with van der Waals surface area (Å²) in [6.07, 6.45) is 1.04. The molecule has 98 valence electrons. The van der Waals surface area contributed by atoms with Gasteiger partial charge in [0.15, 0.2) is 0 Å². The summed E-state index contributed by atoms with van der Waals surface area (Å²) >= 11 is 0. The van der Waals surface area contributed by atoms with Crippen LogP contribution in [0.2, 0.25) is 0 Å². The van der Waals surface area contributed by atoms with Crippen LogP contribution in [0.4, 0.5) is 5.69 Å². The van der Waals surface area contributed by atoms with Crippen molar-refractivity contribution in [2.45, 2.75) is 39.3 Å². The van der Waals surface area contributed by atoms with Crippen LogP contribution in [0.25, 0.3) is 0 Å². The third-order valence-electron chi connectivity index (χ3n) is 3.92. The van der Waals surface area contributed by atoms with Crippen LogP contribution >= 0.6 is 0 Å². The summed E-state index contributed by atoms with van der Waals surface area (Å²) < 4.78 is 0. The number of fused-ring (bicyclic) bond motifs is 2. The standard InChI is InChI=1S/C18H21N/c1-18(2,3)19-13-16-10-5-4-8-14(16)12-15-9-6-7-11-17(15)19/h4-11H,12-13H2,1-3H3. The highest BCUT2D eigenvalue weighted by atomic mass is 15.2. The van der Waals surface area contributed by atoms with Gasteiger partial charge in [-0.3, -0.25) is 0 Å². The van der Waals surface area contributed by atoms with Gasteiger partial charge in [0, 0.05) is 17.8 Å². The molecule has 1 heterocycles. The fourth-order valence-corrected chi connectivity index (χ4v) is 2.87. The predicted molar refractivity (Wildman–Crippen MR) is 81.6 cm³/mol. The highest BCUT2D eigenvalue weighted by Crippen LogP contribution is 2.34. The molecule has 0 amide bonds. The molecule has 0 fully saturated rings. The van der Waals surface area contributed by atoms with Crippen molar-refractivity contribution in [2.75, 3.05) is 4.90 Å². The van der Waals surface area contributed by atoms with E-state index in [1.165, 1.54) is 22.4 Å². The lowest BCUT2D eigenvalue weighted by molar-refractivity contribution is 0.501. The van der Waals surface area contributed by atoms with E-state index in [1.807, 2.05) is 0 Å². The van der Waals surface area contributed by atoms with Crippen molar-refractivity contribution in [3.63, 3.8) is 0 Å². The van der Waals surface area contributed by atoms with Crippen molar-refractivity contribution in [2.24, 2.45) is 0 Å². The Morgan fingerprint density at radius 2 is 1.37 bits per heavy atom. The SMILES string of the molecule is CC(C)(C)N1Cc2ccccc2Cc2ccccc21. The second-order valence-corrected chi connectivity index (χ2v) is 6.33. The number of rotatable bonds is 0. The van der Waals surface area contributed by atoms with Gasteiger partial charge in [0.1, 0.15) is 0 Å². The van der Waals surface area contributed by atoms with Gasteiger partial charge in [-0.15, -0.1) is 0 Å². The molecule has 1 aliphatic heterocycles. The highest BCUT2D eigenvalue weighted by molar-refractivity contribution is 5.59. The molecule has 2 aromatic rings. The number of hydrogen-bond donors (Lipinski definition) is 0. The Morgan fingerprint density at radius 3 is 2.05 bits per heavy atom. The van der Waals surface area contributed by atoms with Crippen molar-refractivity contribution in [3.8, 4) is 0 Å². The Bertz CT molecular complexity index is 593. The largest absolute Gasteiger partial charge is 0.362 e. The molecule has 1 nitrogen and oxygen atoms in total. The molecule has 0 saturated carbocycles.